The molecule has 3 heteroatoms. The Morgan fingerprint density at radius 3 is 2.87 bits per heavy atom. The van der Waals surface area contributed by atoms with Gasteiger partial charge in [0.2, 0.25) is 0 Å². The van der Waals surface area contributed by atoms with E-state index in [0.717, 1.165) is 18.7 Å². The fourth-order valence-electron chi connectivity index (χ4n) is 1.16. The van der Waals surface area contributed by atoms with Crippen LogP contribution in [0.2, 0.25) is 0 Å². The van der Waals surface area contributed by atoms with Crippen LogP contribution in [0.15, 0.2) is 18.2 Å². The van der Waals surface area contributed by atoms with Gasteiger partial charge in [-0.05, 0) is 24.1 Å². The molecular weight excluding hydrogens is 191 g/mol. The lowest BCUT2D eigenvalue weighted by atomic mass is 10.1. The summed E-state index contributed by atoms with van der Waals surface area (Å²) in [4.78, 5) is 0. The number of hydrogen-bond donors (Lipinski definition) is 1. The maximum Gasteiger partial charge on any atom is 0.141 e. The third-order valence-electron chi connectivity index (χ3n) is 2.44. The normalized spacial score (nSPS) is 11.9. The van der Waals surface area contributed by atoms with Crippen LogP contribution in [0.5, 0.6) is 0 Å². The minimum Gasteiger partial charge on any atom is -0.385 e. The molecule has 0 spiro atoms. The number of nitrogens with one attached hydrogen (secondary N) is 1. The van der Waals surface area contributed by atoms with E-state index in [9.17, 15) is 4.39 Å². The minimum atomic E-state index is -0.466. The summed E-state index contributed by atoms with van der Waals surface area (Å²) < 4.78 is 13.0. The van der Waals surface area contributed by atoms with Gasteiger partial charge in [-0.1, -0.05) is 20.3 Å². The van der Waals surface area contributed by atoms with E-state index in [1.54, 1.807) is 6.07 Å². The second kappa shape index (κ2) is 5.35. The fraction of sp³-hybridized carbons (Fsp3) is 0.417. The Balaban J connectivity index is 2.67. The van der Waals surface area contributed by atoms with Crippen LogP contribution in [0.3, 0.4) is 0 Å². The Labute approximate surface area is 89.7 Å². The molecule has 1 rings (SSSR count). The molecule has 0 aromatic heterocycles. The maximum absolute atomic E-state index is 13.0. The molecule has 0 saturated carbocycles. The lowest BCUT2D eigenvalue weighted by Crippen LogP contribution is -2.10. The zero-order valence-corrected chi connectivity index (χ0v) is 9.05. The third-order valence-corrected chi connectivity index (χ3v) is 2.44. The van der Waals surface area contributed by atoms with E-state index < -0.39 is 5.82 Å². The molecule has 0 amide bonds. The largest absolute Gasteiger partial charge is 0.385 e. The summed E-state index contributed by atoms with van der Waals surface area (Å²) >= 11 is 0. The summed E-state index contributed by atoms with van der Waals surface area (Å²) in [5, 5.41) is 11.8. The van der Waals surface area contributed by atoms with E-state index in [0.29, 0.717) is 5.92 Å². The number of halogens is 1. The standard InChI is InChI=1S/C12H15FN2/c1-3-9(2)8-15-11-4-5-12(13)10(6-11)7-14/h4-6,9,15H,3,8H2,1-2H3/t9-/m1/s1. The third kappa shape index (κ3) is 3.25. The molecule has 0 radical (unpaired) electrons. The van der Waals surface area contributed by atoms with Crippen LogP contribution < -0.4 is 5.32 Å². The zero-order valence-electron chi connectivity index (χ0n) is 9.05. The van der Waals surface area contributed by atoms with E-state index in [1.807, 2.05) is 6.07 Å². The molecule has 0 aliphatic rings. The molecule has 0 bridgehead atoms. The molecule has 0 heterocycles. The van der Waals surface area contributed by atoms with Gasteiger partial charge in [0, 0.05) is 12.2 Å². The van der Waals surface area contributed by atoms with Gasteiger partial charge in [-0.25, -0.2) is 4.39 Å². The van der Waals surface area contributed by atoms with Crippen LogP contribution in [0, 0.1) is 23.1 Å². The van der Waals surface area contributed by atoms with Crippen molar-refractivity contribution in [2.75, 3.05) is 11.9 Å². The molecule has 1 aromatic carbocycles. The Bertz CT molecular complexity index is 368. The van der Waals surface area contributed by atoms with Gasteiger partial charge >= 0.3 is 0 Å². The van der Waals surface area contributed by atoms with Crippen LogP contribution in [-0.4, -0.2) is 6.54 Å². The van der Waals surface area contributed by atoms with Crippen LogP contribution in [0.4, 0.5) is 10.1 Å². The predicted molar refractivity (Wildman–Crippen MR) is 59.1 cm³/mol. The molecule has 0 saturated heterocycles. The van der Waals surface area contributed by atoms with Crippen molar-refractivity contribution in [1.29, 1.82) is 5.26 Å². The second-order valence-corrected chi connectivity index (χ2v) is 3.70. The van der Waals surface area contributed by atoms with Crippen LogP contribution in [0.25, 0.3) is 0 Å². The quantitative estimate of drug-likeness (QED) is 0.821. The van der Waals surface area contributed by atoms with Crippen molar-refractivity contribution >= 4 is 5.69 Å². The summed E-state index contributed by atoms with van der Waals surface area (Å²) in [5.74, 6) is 0.104. The number of hydrogen-bond acceptors (Lipinski definition) is 2. The summed E-state index contributed by atoms with van der Waals surface area (Å²) in [7, 11) is 0. The summed E-state index contributed by atoms with van der Waals surface area (Å²) in [6.07, 6.45) is 1.10. The summed E-state index contributed by atoms with van der Waals surface area (Å²) in [6, 6.07) is 6.33. The first-order chi connectivity index (χ1) is 7.17. The highest BCUT2D eigenvalue weighted by molar-refractivity contribution is 5.49. The number of rotatable bonds is 4. The van der Waals surface area contributed by atoms with Crippen molar-refractivity contribution < 1.29 is 4.39 Å². The van der Waals surface area contributed by atoms with Crippen LogP contribution >= 0.6 is 0 Å². The number of anilines is 1. The van der Waals surface area contributed by atoms with E-state index in [4.69, 9.17) is 5.26 Å². The first-order valence-corrected chi connectivity index (χ1v) is 5.11. The highest BCUT2D eigenvalue weighted by Gasteiger charge is 2.03. The van der Waals surface area contributed by atoms with E-state index >= 15 is 0 Å². The summed E-state index contributed by atoms with van der Waals surface area (Å²) in [5.41, 5.74) is 0.886. The first-order valence-electron chi connectivity index (χ1n) is 5.11. The first kappa shape index (κ1) is 11.5. The molecule has 1 aromatic rings. The van der Waals surface area contributed by atoms with E-state index in [-0.39, 0.29) is 5.56 Å². The second-order valence-electron chi connectivity index (χ2n) is 3.70. The van der Waals surface area contributed by atoms with Gasteiger partial charge < -0.3 is 5.32 Å². The smallest absolute Gasteiger partial charge is 0.141 e. The Morgan fingerprint density at radius 2 is 2.27 bits per heavy atom. The minimum absolute atomic E-state index is 0.0872. The Morgan fingerprint density at radius 1 is 1.53 bits per heavy atom. The number of nitriles is 1. The highest BCUT2D eigenvalue weighted by atomic mass is 19.1. The van der Waals surface area contributed by atoms with Gasteiger partial charge in [-0.2, -0.15) is 5.26 Å². The van der Waals surface area contributed by atoms with Crippen molar-refractivity contribution in [2.24, 2.45) is 5.92 Å². The molecule has 2 nitrogen and oxygen atoms in total. The molecule has 0 unspecified atom stereocenters. The topological polar surface area (TPSA) is 35.8 Å². The average molecular weight is 206 g/mol. The maximum atomic E-state index is 13.0. The highest BCUT2D eigenvalue weighted by Crippen LogP contribution is 2.14. The van der Waals surface area contributed by atoms with Crippen molar-refractivity contribution in [2.45, 2.75) is 20.3 Å². The molecule has 15 heavy (non-hydrogen) atoms. The van der Waals surface area contributed by atoms with Gasteiger partial charge in [0.25, 0.3) is 0 Å². The van der Waals surface area contributed by atoms with Crippen LogP contribution in [-0.2, 0) is 0 Å². The van der Waals surface area contributed by atoms with Gasteiger partial charge in [0.1, 0.15) is 11.9 Å². The van der Waals surface area contributed by atoms with Crippen LogP contribution in [0.1, 0.15) is 25.8 Å². The van der Waals surface area contributed by atoms with Crippen molar-refractivity contribution in [3.05, 3.63) is 29.6 Å². The lowest BCUT2D eigenvalue weighted by Gasteiger charge is -2.11. The molecule has 80 valence electrons. The van der Waals surface area contributed by atoms with E-state index in [1.165, 1.54) is 12.1 Å². The summed E-state index contributed by atoms with van der Waals surface area (Å²) in [6.45, 7) is 5.10. The lowest BCUT2D eigenvalue weighted by molar-refractivity contribution is 0.593. The van der Waals surface area contributed by atoms with Crippen molar-refractivity contribution in [3.8, 4) is 6.07 Å². The monoisotopic (exact) mass is 206 g/mol. The van der Waals surface area contributed by atoms with E-state index in [2.05, 4.69) is 19.2 Å². The molecule has 0 aliphatic heterocycles. The van der Waals surface area contributed by atoms with Crippen molar-refractivity contribution in [1.82, 2.24) is 0 Å². The van der Waals surface area contributed by atoms with Crippen molar-refractivity contribution in [3.63, 3.8) is 0 Å². The molecule has 0 fully saturated rings. The Hall–Kier alpha value is -1.56. The van der Waals surface area contributed by atoms with Gasteiger partial charge in [0.15, 0.2) is 0 Å². The van der Waals surface area contributed by atoms with Gasteiger partial charge in [0.05, 0.1) is 5.56 Å². The molecule has 0 aliphatic carbocycles. The molecule has 1 N–H and O–H groups in total. The molecular formula is C12H15FN2. The zero-order chi connectivity index (χ0) is 11.3. The Kier molecular flexibility index (Phi) is 4.11. The SMILES string of the molecule is CC[C@@H](C)CNc1ccc(F)c(C#N)c1. The average Bonchev–Trinajstić information content (AvgIpc) is 2.27. The number of benzene rings is 1. The molecule has 1 atom stereocenters. The number of nitrogens with zero attached hydrogens (tertiary/aromatic N) is 1. The van der Waals surface area contributed by atoms with Gasteiger partial charge in [-0.3, -0.25) is 0 Å². The predicted octanol–water partition coefficient (Wildman–Crippen LogP) is 3.16. The van der Waals surface area contributed by atoms with Gasteiger partial charge in [-0.15, -0.1) is 0 Å². The fourth-order valence-corrected chi connectivity index (χ4v) is 1.16.